The van der Waals surface area contributed by atoms with Crippen molar-refractivity contribution in [2.45, 2.75) is 13.0 Å². The van der Waals surface area contributed by atoms with Crippen LogP contribution in [0.2, 0.25) is 0 Å². The van der Waals surface area contributed by atoms with Crippen molar-refractivity contribution in [3.8, 4) is 0 Å². The second-order valence-corrected chi connectivity index (χ2v) is 7.74. The number of aliphatic hydroxyl groups is 1. The molecule has 21 heavy (non-hydrogen) atoms. The number of benzene rings is 1. The molecule has 3 nitrogen and oxygen atoms in total. The van der Waals surface area contributed by atoms with Gasteiger partial charge in [0.15, 0.2) is 5.78 Å². The maximum absolute atomic E-state index is 12.1. The van der Waals surface area contributed by atoms with Gasteiger partial charge >= 0.3 is 0 Å². The molecule has 1 heterocycles. The summed E-state index contributed by atoms with van der Waals surface area (Å²) in [6.45, 7) is 2.13. The largest absolute Gasteiger partial charge is 0.395 e. The Balaban J connectivity index is 1.89. The lowest BCUT2D eigenvalue weighted by Crippen LogP contribution is -2.28. The molecule has 2 rings (SSSR count). The Morgan fingerprint density at radius 2 is 1.90 bits per heavy atom. The normalized spacial score (nSPS) is 11.0. The second-order valence-electron chi connectivity index (χ2n) is 4.76. The van der Waals surface area contributed by atoms with E-state index in [0.717, 1.165) is 14.3 Å². The van der Waals surface area contributed by atoms with E-state index in [1.807, 2.05) is 30.3 Å². The van der Waals surface area contributed by atoms with Crippen LogP contribution in [0, 0.1) is 2.88 Å². The first-order valence-corrected chi connectivity index (χ1v) is 8.74. The Kier molecular flexibility index (Phi) is 6.82. The van der Waals surface area contributed by atoms with E-state index in [0.29, 0.717) is 19.5 Å². The number of nitrogens with zero attached hydrogens (tertiary/aromatic N) is 1. The van der Waals surface area contributed by atoms with Gasteiger partial charge in [-0.2, -0.15) is 0 Å². The number of aliphatic hydroxyl groups excluding tert-OH is 1. The van der Waals surface area contributed by atoms with Crippen molar-refractivity contribution in [2.75, 3.05) is 19.7 Å². The van der Waals surface area contributed by atoms with Crippen LogP contribution in [-0.4, -0.2) is 35.5 Å². The Hall–Kier alpha value is -0.760. The maximum Gasteiger partial charge on any atom is 0.174 e. The van der Waals surface area contributed by atoms with Crippen molar-refractivity contribution in [3.63, 3.8) is 0 Å². The summed E-state index contributed by atoms with van der Waals surface area (Å²) >= 11 is 3.76. The first-order chi connectivity index (χ1) is 10.2. The van der Waals surface area contributed by atoms with Gasteiger partial charge in [0.2, 0.25) is 0 Å². The summed E-state index contributed by atoms with van der Waals surface area (Å²) in [6, 6.07) is 14.0. The van der Waals surface area contributed by atoms with E-state index in [-0.39, 0.29) is 12.4 Å². The molecule has 0 aliphatic carbocycles. The van der Waals surface area contributed by atoms with Crippen molar-refractivity contribution in [1.29, 1.82) is 0 Å². The van der Waals surface area contributed by atoms with Crippen molar-refractivity contribution in [2.24, 2.45) is 0 Å². The topological polar surface area (TPSA) is 40.5 Å². The van der Waals surface area contributed by atoms with E-state index in [1.165, 1.54) is 16.9 Å². The monoisotopic (exact) mass is 415 g/mol. The SMILES string of the molecule is O=C(CCN(CCO)Cc1ccccc1)c1ccc(I)s1. The fourth-order valence-electron chi connectivity index (χ4n) is 2.10. The first-order valence-electron chi connectivity index (χ1n) is 6.84. The van der Waals surface area contributed by atoms with Crippen LogP contribution in [-0.2, 0) is 6.54 Å². The molecule has 1 aromatic heterocycles. The summed E-state index contributed by atoms with van der Waals surface area (Å²) in [5.41, 5.74) is 1.20. The predicted molar refractivity (Wildman–Crippen MR) is 94.8 cm³/mol. The van der Waals surface area contributed by atoms with Gasteiger partial charge in [-0.25, -0.2) is 0 Å². The minimum Gasteiger partial charge on any atom is -0.395 e. The van der Waals surface area contributed by atoms with E-state index in [9.17, 15) is 9.90 Å². The van der Waals surface area contributed by atoms with Crippen LogP contribution in [0.3, 0.4) is 0 Å². The summed E-state index contributed by atoms with van der Waals surface area (Å²) in [5.74, 6) is 0.180. The van der Waals surface area contributed by atoms with Crippen LogP contribution in [0.5, 0.6) is 0 Å². The van der Waals surface area contributed by atoms with Gasteiger partial charge in [0.05, 0.1) is 14.4 Å². The van der Waals surface area contributed by atoms with Gasteiger partial charge in [-0.05, 0) is 40.3 Å². The minimum absolute atomic E-state index is 0.109. The number of ketones is 1. The number of carbonyl (C=O) groups excluding carboxylic acids is 1. The van der Waals surface area contributed by atoms with Crippen molar-refractivity contribution in [1.82, 2.24) is 4.90 Å². The molecule has 5 heteroatoms. The van der Waals surface area contributed by atoms with E-state index >= 15 is 0 Å². The Bertz CT molecular complexity index is 571. The zero-order valence-corrected chi connectivity index (χ0v) is 14.6. The van der Waals surface area contributed by atoms with Crippen LogP contribution in [0.15, 0.2) is 42.5 Å². The maximum atomic E-state index is 12.1. The highest BCUT2D eigenvalue weighted by atomic mass is 127. The van der Waals surface area contributed by atoms with Crippen LogP contribution in [0.4, 0.5) is 0 Å². The molecular formula is C16H18INO2S. The van der Waals surface area contributed by atoms with Gasteiger partial charge in [0.1, 0.15) is 0 Å². The van der Waals surface area contributed by atoms with Gasteiger partial charge in [-0.1, -0.05) is 30.3 Å². The molecule has 0 aliphatic rings. The molecule has 0 amide bonds. The second kappa shape index (κ2) is 8.63. The average molecular weight is 415 g/mol. The minimum atomic E-state index is 0.109. The molecule has 0 spiro atoms. The highest BCUT2D eigenvalue weighted by molar-refractivity contribution is 14.1. The Morgan fingerprint density at radius 3 is 2.52 bits per heavy atom. The lowest BCUT2D eigenvalue weighted by Gasteiger charge is -2.20. The molecule has 0 unspecified atom stereocenters. The number of thiophene rings is 1. The summed E-state index contributed by atoms with van der Waals surface area (Å²) in [4.78, 5) is 15.1. The molecule has 0 fully saturated rings. The molecule has 0 aliphatic heterocycles. The van der Waals surface area contributed by atoms with Gasteiger partial charge < -0.3 is 5.11 Å². The number of hydrogen-bond donors (Lipinski definition) is 1. The van der Waals surface area contributed by atoms with Crippen LogP contribution < -0.4 is 0 Å². The van der Waals surface area contributed by atoms with Crippen molar-refractivity contribution < 1.29 is 9.90 Å². The smallest absolute Gasteiger partial charge is 0.174 e. The summed E-state index contributed by atoms with van der Waals surface area (Å²) in [7, 11) is 0. The predicted octanol–water partition coefficient (Wildman–Crippen LogP) is 3.42. The summed E-state index contributed by atoms with van der Waals surface area (Å²) in [6.07, 6.45) is 0.490. The Morgan fingerprint density at radius 1 is 1.14 bits per heavy atom. The molecule has 1 N–H and O–H groups in total. The molecular weight excluding hydrogens is 397 g/mol. The lowest BCUT2D eigenvalue weighted by molar-refractivity contribution is 0.0958. The average Bonchev–Trinajstić information content (AvgIpc) is 2.92. The number of carbonyl (C=O) groups is 1. The molecule has 0 radical (unpaired) electrons. The third-order valence-corrected chi connectivity index (χ3v) is 5.10. The highest BCUT2D eigenvalue weighted by Crippen LogP contribution is 2.19. The Labute approximate surface area is 142 Å². The number of halogens is 1. The van der Waals surface area contributed by atoms with Crippen molar-refractivity contribution >= 4 is 39.7 Å². The lowest BCUT2D eigenvalue weighted by atomic mass is 10.2. The third-order valence-electron chi connectivity index (χ3n) is 3.17. The molecule has 0 bridgehead atoms. The van der Waals surface area contributed by atoms with E-state index < -0.39 is 0 Å². The van der Waals surface area contributed by atoms with Crippen molar-refractivity contribution in [3.05, 3.63) is 55.8 Å². The first kappa shape index (κ1) is 16.6. The highest BCUT2D eigenvalue weighted by Gasteiger charge is 2.12. The molecule has 1 aromatic carbocycles. The fraction of sp³-hybridized carbons (Fsp3) is 0.312. The van der Waals surface area contributed by atoms with E-state index in [4.69, 9.17) is 0 Å². The standard InChI is InChI=1S/C16H18INO2S/c17-16-7-6-15(21-16)14(20)8-9-18(10-11-19)12-13-4-2-1-3-5-13/h1-7,19H,8-12H2. The molecule has 0 saturated heterocycles. The van der Waals surface area contributed by atoms with Gasteiger partial charge in [0.25, 0.3) is 0 Å². The van der Waals surface area contributed by atoms with E-state index in [1.54, 1.807) is 0 Å². The number of hydrogen-bond acceptors (Lipinski definition) is 4. The molecule has 2 aromatic rings. The molecule has 0 atom stereocenters. The zero-order valence-electron chi connectivity index (χ0n) is 11.7. The fourth-order valence-corrected chi connectivity index (χ4v) is 3.69. The number of Topliss-reactive ketones (excluding diaryl/α,β-unsaturated/α-hetero) is 1. The third kappa shape index (κ3) is 5.50. The van der Waals surface area contributed by atoms with Crippen LogP contribution in [0.25, 0.3) is 0 Å². The zero-order chi connectivity index (χ0) is 15.1. The molecule has 0 saturated carbocycles. The number of rotatable bonds is 8. The quantitative estimate of drug-likeness (QED) is 0.531. The van der Waals surface area contributed by atoms with Gasteiger partial charge in [0, 0.05) is 26.1 Å². The van der Waals surface area contributed by atoms with Gasteiger partial charge in [-0.15, -0.1) is 11.3 Å². The summed E-state index contributed by atoms with van der Waals surface area (Å²) < 4.78 is 1.13. The van der Waals surface area contributed by atoms with E-state index in [2.05, 4.69) is 39.6 Å². The van der Waals surface area contributed by atoms with Crippen LogP contribution >= 0.6 is 33.9 Å². The molecule has 112 valence electrons. The van der Waals surface area contributed by atoms with Gasteiger partial charge in [-0.3, -0.25) is 9.69 Å². The van der Waals surface area contributed by atoms with Crippen LogP contribution in [0.1, 0.15) is 21.7 Å². The summed E-state index contributed by atoms with van der Waals surface area (Å²) in [5, 5.41) is 9.17.